The number of carbonyl (C=O) groups is 2. The van der Waals surface area contributed by atoms with Gasteiger partial charge in [-0.1, -0.05) is 70.7 Å². The van der Waals surface area contributed by atoms with Crippen molar-refractivity contribution in [3.05, 3.63) is 92.4 Å². The Bertz CT molecular complexity index is 1400. The fraction of sp³-hybridized carbons (Fsp3) is 0.200. The van der Waals surface area contributed by atoms with Crippen molar-refractivity contribution in [2.45, 2.75) is 24.4 Å². The van der Waals surface area contributed by atoms with Gasteiger partial charge >= 0.3 is 0 Å². The lowest BCUT2D eigenvalue weighted by Gasteiger charge is -2.32. The number of benzene rings is 3. The summed E-state index contributed by atoms with van der Waals surface area (Å²) in [5.41, 5.74) is 0.658. The lowest BCUT2D eigenvalue weighted by atomic mass is 10.1. The molecule has 3 aromatic carbocycles. The minimum atomic E-state index is -4.24. The number of hydrogen-bond donors (Lipinski definition) is 1. The maximum atomic E-state index is 13.7. The van der Waals surface area contributed by atoms with Crippen LogP contribution in [0.4, 0.5) is 5.69 Å². The molecule has 3 rings (SSSR count). The first-order valence-corrected chi connectivity index (χ1v) is 13.9. The largest absolute Gasteiger partial charge is 0.357 e. The highest BCUT2D eigenvalue weighted by molar-refractivity contribution is 7.92. The molecule has 7 nitrogen and oxygen atoms in total. The summed E-state index contributed by atoms with van der Waals surface area (Å²) in [6.07, 6.45) is 0. The normalized spacial score (nSPS) is 12.1. The Hall–Kier alpha value is -2.49. The Morgan fingerprint density at radius 3 is 2.16 bits per heavy atom. The zero-order chi connectivity index (χ0) is 27.3. The minimum absolute atomic E-state index is 0.0299. The Balaban J connectivity index is 2.06. The molecule has 1 unspecified atom stereocenters. The van der Waals surface area contributed by atoms with Crippen LogP contribution in [-0.4, -0.2) is 44.8 Å². The lowest BCUT2D eigenvalue weighted by Crippen LogP contribution is -2.50. The van der Waals surface area contributed by atoms with E-state index < -0.39 is 34.4 Å². The third kappa shape index (κ3) is 6.89. The fourth-order valence-electron chi connectivity index (χ4n) is 3.54. The molecule has 12 heteroatoms. The highest BCUT2D eigenvalue weighted by Gasteiger charge is 2.33. The van der Waals surface area contributed by atoms with Crippen LogP contribution >= 0.6 is 46.4 Å². The van der Waals surface area contributed by atoms with Gasteiger partial charge in [0.2, 0.25) is 11.8 Å². The van der Waals surface area contributed by atoms with Crippen molar-refractivity contribution in [3.63, 3.8) is 0 Å². The summed E-state index contributed by atoms with van der Waals surface area (Å²) >= 11 is 24.6. The number of rotatable bonds is 9. The Morgan fingerprint density at radius 2 is 1.57 bits per heavy atom. The number of nitrogens with one attached hydrogen (secondary N) is 1. The van der Waals surface area contributed by atoms with Crippen molar-refractivity contribution >= 4 is 73.9 Å². The lowest BCUT2D eigenvalue weighted by molar-refractivity contribution is -0.139. The molecule has 0 saturated carbocycles. The molecule has 0 aliphatic heterocycles. The van der Waals surface area contributed by atoms with E-state index in [1.54, 1.807) is 43.3 Å². The molecular weight excluding hydrogens is 580 g/mol. The van der Waals surface area contributed by atoms with Crippen LogP contribution in [0.1, 0.15) is 12.5 Å². The molecule has 0 saturated heterocycles. The standard InChI is InChI=1S/C25H23Cl4N3O4S/c1-16(25(34)30-2)31(14-17-8-10-20(27)21(28)12-17)24(33)15-32(23-11-9-18(26)13-22(23)29)37(35,36)19-6-4-3-5-7-19/h3-13,16H,14-15H2,1-2H3,(H,30,34). The van der Waals surface area contributed by atoms with Gasteiger partial charge in [-0.3, -0.25) is 13.9 Å². The van der Waals surface area contributed by atoms with E-state index in [4.69, 9.17) is 46.4 Å². The Morgan fingerprint density at radius 1 is 0.892 bits per heavy atom. The highest BCUT2D eigenvalue weighted by Crippen LogP contribution is 2.33. The summed E-state index contributed by atoms with van der Waals surface area (Å²) in [5.74, 6) is -1.08. The summed E-state index contributed by atoms with van der Waals surface area (Å²) in [5, 5.41) is 3.46. The number of hydrogen-bond acceptors (Lipinski definition) is 4. The summed E-state index contributed by atoms with van der Waals surface area (Å²) in [6.45, 7) is 0.874. The molecule has 1 N–H and O–H groups in total. The molecule has 0 fully saturated rings. The first kappa shape index (κ1) is 29.1. The number of amides is 2. The highest BCUT2D eigenvalue weighted by atomic mass is 35.5. The minimum Gasteiger partial charge on any atom is -0.357 e. The Kier molecular flexibility index (Phi) is 9.72. The molecule has 0 spiro atoms. The third-order valence-electron chi connectivity index (χ3n) is 5.54. The molecule has 0 radical (unpaired) electrons. The van der Waals surface area contributed by atoms with Gasteiger partial charge < -0.3 is 10.2 Å². The summed E-state index contributed by atoms with van der Waals surface area (Å²) < 4.78 is 28.3. The topological polar surface area (TPSA) is 86.8 Å². The summed E-state index contributed by atoms with van der Waals surface area (Å²) in [6, 6.07) is 15.8. The maximum Gasteiger partial charge on any atom is 0.264 e. The van der Waals surface area contributed by atoms with E-state index in [-0.39, 0.29) is 27.2 Å². The van der Waals surface area contributed by atoms with Gasteiger partial charge in [-0.2, -0.15) is 0 Å². The van der Waals surface area contributed by atoms with Gasteiger partial charge in [0.25, 0.3) is 10.0 Å². The zero-order valence-electron chi connectivity index (χ0n) is 19.8. The van der Waals surface area contributed by atoms with Crippen molar-refractivity contribution in [1.29, 1.82) is 0 Å². The average Bonchev–Trinajstić information content (AvgIpc) is 2.87. The molecule has 0 aliphatic rings. The van der Waals surface area contributed by atoms with Crippen LogP contribution in [0.2, 0.25) is 20.1 Å². The van der Waals surface area contributed by atoms with Crippen molar-refractivity contribution < 1.29 is 18.0 Å². The predicted molar refractivity (Wildman–Crippen MR) is 148 cm³/mol. The van der Waals surface area contributed by atoms with E-state index in [1.165, 1.54) is 42.3 Å². The van der Waals surface area contributed by atoms with Crippen molar-refractivity contribution in [1.82, 2.24) is 10.2 Å². The molecule has 0 bridgehead atoms. The predicted octanol–water partition coefficient (Wildman–Crippen LogP) is 5.66. The van der Waals surface area contributed by atoms with E-state index in [0.29, 0.717) is 15.6 Å². The van der Waals surface area contributed by atoms with E-state index in [9.17, 15) is 18.0 Å². The molecule has 0 aliphatic carbocycles. The van der Waals surface area contributed by atoms with Gasteiger partial charge in [-0.25, -0.2) is 8.42 Å². The Labute approximate surface area is 235 Å². The van der Waals surface area contributed by atoms with Crippen LogP contribution in [-0.2, 0) is 26.2 Å². The van der Waals surface area contributed by atoms with Gasteiger partial charge in [-0.15, -0.1) is 0 Å². The molecule has 2 amide bonds. The molecule has 0 aromatic heterocycles. The van der Waals surface area contributed by atoms with Gasteiger partial charge in [0, 0.05) is 18.6 Å². The van der Waals surface area contributed by atoms with E-state index in [1.807, 2.05) is 0 Å². The fourth-order valence-corrected chi connectivity index (χ4v) is 5.88. The van der Waals surface area contributed by atoms with Gasteiger partial charge in [0.1, 0.15) is 12.6 Å². The molecule has 3 aromatic rings. The molecular formula is C25H23Cl4N3O4S. The van der Waals surface area contributed by atoms with Gasteiger partial charge in [-0.05, 0) is 55.0 Å². The quantitative estimate of drug-likeness (QED) is 0.342. The van der Waals surface area contributed by atoms with Crippen LogP contribution in [0, 0.1) is 0 Å². The van der Waals surface area contributed by atoms with Crippen molar-refractivity contribution in [3.8, 4) is 0 Å². The smallest absolute Gasteiger partial charge is 0.264 e. The van der Waals surface area contributed by atoms with Crippen molar-refractivity contribution in [2.75, 3.05) is 17.9 Å². The van der Waals surface area contributed by atoms with Crippen molar-refractivity contribution in [2.24, 2.45) is 0 Å². The number of sulfonamides is 1. The van der Waals surface area contributed by atoms with E-state index in [0.717, 1.165) is 4.31 Å². The van der Waals surface area contributed by atoms with Crippen LogP contribution in [0.15, 0.2) is 71.6 Å². The van der Waals surface area contributed by atoms with Gasteiger partial charge in [0.15, 0.2) is 0 Å². The van der Waals surface area contributed by atoms with E-state index in [2.05, 4.69) is 5.32 Å². The SMILES string of the molecule is CNC(=O)C(C)N(Cc1ccc(Cl)c(Cl)c1)C(=O)CN(c1ccc(Cl)cc1Cl)S(=O)(=O)c1ccccc1. The maximum absolute atomic E-state index is 13.7. The first-order chi connectivity index (χ1) is 17.4. The van der Waals surface area contributed by atoms with Gasteiger partial charge in [0.05, 0.1) is 25.7 Å². The second-order valence-electron chi connectivity index (χ2n) is 7.98. The molecule has 1 atom stereocenters. The molecule has 196 valence electrons. The number of anilines is 1. The number of likely N-dealkylation sites (N-methyl/N-ethyl adjacent to an activating group) is 1. The second kappa shape index (κ2) is 12.4. The number of carbonyl (C=O) groups excluding carboxylic acids is 2. The van der Waals surface area contributed by atoms with Crippen LogP contribution in [0.25, 0.3) is 0 Å². The zero-order valence-corrected chi connectivity index (χ0v) is 23.6. The molecule has 0 heterocycles. The summed E-state index contributed by atoms with van der Waals surface area (Å²) in [7, 11) is -2.79. The average molecular weight is 603 g/mol. The second-order valence-corrected chi connectivity index (χ2v) is 11.5. The number of halogens is 4. The molecule has 37 heavy (non-hydrogen) atoms. The van der Waals surface area contributed by atoms with Crippen LogP contribution in [0.3, 0.4) is 0 Å². The summed E-state index contributed by atoms with van der Waals surface area (Å²) in [4.78, 5) is 27.4. The first-order valence-electron chi connectivity index (χ1n) is 10.9. The van der Waals surface area contributed by atoms with Crippen LogP contribution in [0.5, 0.6) is 0 Å². The monoisotopic (exact) mass is 601 g/mol. The van der Waals surface area contributed by atoms with E-state index >= 15 is 0 Å². The third-order valence-corrected chi connectivity index (χ3v) is 8.59. The van der Waals surface area contributed by atoms with Crippen LogP contribution < -0.4 is 9.62 Å². The number of nitrogens with zero attached hydrogens (tertiary/aromatic N) is 2.